The minimum absolute atomic E-state index is 0.147. The van der Waals surface area contributed by atoms with Gasteiger partial charge < -0.3 is 20.3 Å². The first-order chi connectivity index (χ1) is 17.3. The van der Waals surface area contributed by atoms with Gasteiger partial charge >= 0.3 is 6.09 Å². The lowest BCUT2D eigenvalue weighted by atomic mass is 9.88. The highest BCUT2D eigenvalue weighted by molar-refractivity contribution is 7.99. The fraction of sp³-hybridized carbons (Fsp3) is 0.423. The van der Waals surface area contributed by atoms with E-state index in [0.717, 1.165) is 0 Å². The van der Waals surface area contributed by atoms with Gasteiger partial charge in [0, 0.05) is 40.7 Å². The fourth-order valence-corrected chi connectivity index (χ4v) is 5.14. The molecule has 2 aliphatic rings. The van der Waals surface area contributed by atoms with Gasteiger partial charge in [-0.1, -0.05) is 18.2 Å². The number of alkyl halides is 2. The molecule has 7 nitrogen and oxygen atoms in total. The summed E-state index contributed by atoms with van der Waals surface area (Å²) in [4.78, 5) is 40.8. The first-order valence-corrected chi connectivity index (χ1v) is 12.8. The Morgan fingerprint density at radius 3 is 2.49 bits per heavy atom. The Labute approximate surface area is 217 Å². The highest BCUT2D eigenvalue weighted by Gasteiger charge is 2.46. The molecule has 2 N–H and O–H groups in total. The molecule has 1 aliphatic carbocycles. The number of nitrogens with zero attached hydrogens (tertiary/aromatic N) is 1. The largest absolute Gasteiger partial charge is 0.444 e. The van der Waals surface area contributed by atoms with Gasteiger partial charge in [-0.25, -0.2) is 18.0 Å². The number of anilines is 1. The Kier molecular flexibility index (Phi) is 7.45. The number of fused-ring (bicyclic) bond motifs is 1. The zero-order chi connectivity index (χ0) is 27.0. The van der Waals surface area contributed by atoms with E-state index in [-0.39, 0.29) is 23.4 Å². The molecule has 1 atom stereocenters. The smallest absolute Gasteiger partial charge is 0.408 e. The van der Waals surface area contributed by atoms with Gasteiger partial charge in [0.15, 0.2) is 0 Å². The zero-order valence-corrected chi connectivity index (χ0v) is 21.5. The number of amides is 3. The Hall–Kier alpha value is -3.21. The number of nitrogens with one attached hydrogen (secondary N) is 2. The van der Waals surface area contributed by atoms with Crippen molar-refractivity contribution in [1.29, 1.82) is 0 Å². The summed E-state index contributed by atoms with van der Waals surface area (Å²) in [7, 11) is 0. The Morgan fingerprint density at radius 1 is 1.14 bits per heavy atom. The molecule has 0 unspecified atom stereocenters. The van der Waals surface area contributed by atoms with Crippen molar-refractivity contribution >= 4 is 35.4 Å². The van der Waals surface area contributed by atoms with Crippen molar-refractivity contribution in [1.82, 2.24) is 10.6 Å². The highest BCUT2D eigenvalue weighted by atomic mass is 32.2. The molecule has 4 rings (SSSR count). The minimum Gasteiger partial charge on any atom is -0.444 e. The van der Waals surface area contributed by atoms with Gasteiger partial charge in [0.25, 0.3) is 17.7 Å². The second kappa shape index (κ2) is 10.3. The van der Waals surface area contributed by atoms with E-state index in [0.29, 0.717) is 10.6 Å². The molecule has 1 saturated carbocycles. The number of rotatable bonds is 5. The first kappa shape index (κ1) is 26.8. The van der Waals surface area contributed by atoms with Gasteiger partial charge in [-0.15, -0.1) is 11.8 Å². The summed E-state index contributed by atoms with van der Waals surface area (Å²) in [6.45, 7) is 4.96. The average molecular weight is 536 g/mol. The van der Waals surface area contributed by atoms with Crippen LogP contribution >= 0.6 is 11.8 Å². The number of alkyl carbamates (subject to hydrolysis) is 1. The molecule has 37 heavy (non-hydrogen) atoms. The van der Waals surface area contributed by atoms with Crippen LogP contribution in [0.4, 0.5) is 23.7 Å². The standard InChI is InChI=1S/C26H28F3N3O4S/c1-25(2,3)36-24(35)31-19-14-37-21-9-8-15(22(33)30-17-11-26(28,29)12-17)10-20(21)32(23(19)34)13-16-6-4-5-7-18(16)27/h4-10,17,19H,11-14H2,1-3H3,(H,30,33)(H,31,35)/t19-/m0/s1. The van der Waals surface area contributed by atoms with Gasteiger partial charge in [-0.3, -0.25) is 9.59 Å². The Balaban J connectivity index is 1.63. The Morgan fingerprint density at radius 2 is 1.84 bits per heavy atom. The SMILES string of the molecule is CC(C)(C)OC(=O)N[C@H]1CSc2ccc(C(=O)NC3CC(F)(F)C3)cc2N(Cc2ccccc2F)C1=O. The number of carbonyl (C=O) groups excluding carboxylic acids is 3. The third-order valence-corrected chi connectivity index (χ3v) is 7.04. The summed E-state index contributed by atoms with van der Waals surface area (Å²) in [5.41, 5.74) is 0.0158. The molecule has 1 fully saturated rings. The van der Waals surface area contributed by atoms with Crippen molar-refractivity contribution in [2.45, 2.75) is 68.7 Å². The van der Waals surface area contributed by atoms with Gasteiger partial charge in [-0.05, 0) is 45.0 Å². The van der Waals surface area contributed by atoms with E-state index in [4.69, 9.17) is 4.74 Å². The van der Waals surface area contributed by atoms with Crippen molar-refractivity contribution in [2.24, 2.45) is 0 Å². The van der Waals surface area contributed by atoms with Crippen LogP contribution in [0.3, 0.4) is 0 Å². The van der Waals surface area contributed by atoms with Crippen LogP contribution in [-0.2, 0) is 16.1 Å². The fourth-order valence-electron chi connectivity index (χ4n) is 4.09. The number of ether oxygens (including phenoxy) is 1. The van der Waals surface area contributed by atoms with E-state index in [1.807, 2.05) is 0 Å². The van der Waals surface area contributed by atoms with Gasteiger partial charge in [-0.2, -0.15) is 0 Å². The summed E-state index contributed by atoms with van der Waals surface area (Å²) in [6, 6.07) is 9.09. The van der Waals surface area contributed by atoms with Crippen molar-refractivity contribution < 1.29 is 32.3 Å². The first-order valence-electron chi connectivity index (χ1n) is 11.8. The van der Waals surface area contributed by atoms with E-state index in [1.54, 1.807) is 45.0 Å². The molecule has 198 valence electrons. The van der Waals surface area contributed by atoms with Crippen LogP contribution in [0.25, 0.3) is 0 Å². The summed E-state index contributed by atoms with van der Waals surface area (Å²) < 4.78 is 46.2. The lowest BCUT2D eigenvalue weighted by molar-refractivity contribution is -0.120. The second-order valence-corrected chi connectivity index (χ2v) is 11.2. The summed E-state index contributed by atoms with van der Waals surface area (Å²) in [5, 5.41) is 5.19. The van der Waals surface area contributed by atoms with Crippen LogP contribution in [0.5, 0.6) is 0 Å². The van der Waals surface area contributed by atoms with Crippen LogP contribution in [0, 0.1) is 5.82 Å². The topological polar surface area (TPSA) is 87.7 Å². The van der Waals surface area contributed by atoms with E-state index < -0.39 is 60.2 Å². The molecule has 0 bridgehead atoms. The molecular formula is C26H28F3N3O4S. The molecule has 2 aromatic carbocycles. The van der Waals surface area contributed by atoms with Gasteiger partial charge in [0.2, 0.25) is 0 Å². The number of halogens is 3. The monoisotopic (exact) mass is 535 g/mol. The molecule has 0 saturated heterocycles. The normalized spacial score (nSPS) is 19.4. The third kappa shape index (κ3) is 6.57. The van der Waals surface area contributed by atoms with Gasteiger partial charge in [0.1, 0.15) is 17.5 Å². The molecule has 2 aromatic rings. The van der Waals surface area contributed by atoms with Crippen LogP contribution in [0.1, 0.15) is 49.5 Å². The summed E-state index contributed by atoms with van der Waals surface area (Å²) >= 11 is 1.29. The summed E-state index contributed by atoms with van der Waals surface area (Å²) in [6.07, 6.45) is -1.61. The molecule has 0 spiro atoms. The summed E-state index contributed by atoms with van der Waals surface area (Å²) in [5.74, 6) is -4.15. The lowest BCUT2D eigenvalue weighted by Gasteiger charge is -2.35. The van der Waals surface area contributed by atoms with Gasteiger partial charge in [0.05, 0.1) is 12.2 Å². The predicted molar refractivity (Wildman–Crippen MR) is 133 cm³/mol. The highest BCUT2D eigenvalue weighted by Crippen LogP contribution is 2.39. The number of benzene rings is 2. The molecule has 0 radical (unpaired) electrons. The molecule has 11 heteroatoms. The Bertz CT molecular complexity index is 1210. The van der Waals surface area contributed by atoms with E-state index in [1.165, 1.54) is 34.9 Å². The maximum absolute atomic E-state index is 14.5. The maximum atomic E-state index is 14.5. The molecular weight excluding hydrogens is 507 g/mol. The van der Waals surface area contributed by atoms with E-state index >= 15 is 0 Å². The number of hydrogen-bond donors (Lipinski definition) is 2. The van der Waals surface area contributed by atoms with Crippen molar-refractivity contribution in [3.63, 3.8) is 0 Å². The minimum atomic E-state index is -2.78. The van der Waals surface area contributed by atoms with Crippen LogP contribution in [0.15, 0.2) is 47.4 Å². The quantitative estimate of drug-likeness (QED) is 0.570. The molecule has 3 amide bonds. The van der Waals surface area contributed by atoms with E-state index in [2.05, 4.69) is 10.6 Å². The number of hydrogen-bond acceptors (Lipinski definition) is 5. The van der Waals surface area contributed by atoms with Crippen molar-refractivity contribution in [3.8, 4) is 0 Å². The predicted octanol–water partition coefficient (Wildman–Crippen LogP) is 4.89. The number of carbonyl (C=O) groups is 3. The van der Waals surface area contributed by atoms with Crippen LogP contribution in [0.2, 0.25) is 0 Å². The maximum Gasteiger partial charge on any atom is 0.408 e. The third-order valence-electron chi connectivity index (χ3n) is 5.88. The average Bonchev–Trinajstić information content (AvgIpc) is 2.90. The second-order valence-electron chi connectivity index (χ2n) is 10.1. The van der Waals surface area contributed by atoms with Crippen LogP contribution in [-0.4, -0.2) is 47.3 Å². The van der Waals surface area contributed by atoms with Crippen molar-refractivity contribution in [2.75, 3.05) is 10.7 Å². The van der Waals surface area contributed by atoms with Crippen LogP contribution < -0.4 is 15.5 Å². The molecule has 1 heterocycles. The van der Waals surface area contributed by atoms with Crippen molar-refractivity contribution in [3.05, 3.63) is 59.4 Å². The molecule has 0 aromatic heterocycles. The van der Waals surface area contributed by atoms with E-state index in [9.17, 15) is 27.6 Å². The lowest BCUT2D eigenvalue weighted by Crippen LogP contribution is -2.50. The number of thioether (sulfide) groups is 1. The zero-order valence-electron chi connectivity index (χ0n) is 20.6. The molecule has 1 aliphatic heterocycles.